The third kappa shape index (κ3) is 4.62. The van der Waals surface area contributed by atoms with Crippen molar-refractivity contribution >= 4 is 40.5 Å². The van der Waals surface area contributed by atoms with E-state index in [1.165, 1.54) is 6.07 Å². The van der Waals surface area contributed by atoms with Gasteiger partial charge in [-0.3, -0.25) is 9.59 Å². The molecule has 6 nitrogen and oxygen atoms in total. The van der Waals surface area contributed by atoms with E-state index in [9.17, 15) is 9.59 Å². The van der Waals surface area contributed by atoms with Crippen molar-refractivity contribution in [3.05, 3.63) is 47.5 Å². The lowest BCUT2D eigenvalue weighted by atomic mass is 10.2. The van der Waals surface area contributed by atoms with Crippen LogP contribution in [0.15, 0.2) is 42.5 Å². The summed E-state index contributed by atoms with van der Waals surface area (Å²) < 4.78 is 5.30. The van der Waals surface area contributed by atoms with E-state index in [2.05, 4.69) is 10.6 Å². The van der Waals surface area contributed by atoms with Crippen LogP contribution in [0.4, 0.5) is 17.1 Å². The summed E-state index contributed by atoms with van der Waals surface area (Å²) in [7, 11) is 0. The quantitative estimate of drug-likeness (QED) is 0.592. The second kappa shape index (κ2) is 7.51. The van der Waals surface area contributed by atoms with E-state index in [-0.39, 0.29) is 0 Å². The highest BCUT2D eigenvalue weighted by atomic mass is 35.5. The molecule has 4 N–H and O–H groups in total. The topological polar surface area (TPSA) is 93.4 Å². The van der Waals surface area contributed by atoms with Crippen molar-refractivity contribution in [2.45, 2.75) is 6.92 Å². The summed E-state index contributed by atoms with van der Waals surface area (Å²) in [6.45, 7) is 2.43. The van der Waals surface area contributed by atoms with E-state index in [0.29, 0.717) is 34.4 Å². The first-order valence-corrected chi connectivity index (χ1v) is 7.27. The largest absolute Gasteiger partial charge is 0.494 e. The Morgan fingerprint density at radius 3 is 2.17 bits per heavy atom. The Labute approximate surface area is 138 Å². The molecule has 0 spiro atoms. The molecule has 0 saturated heterocycles. The lowest BCUT2D eigenvalue weighted by Gasteiger charge is -2.08. The first-order chi connectivity index (χ1) is 11.0. The second-order valence-corrected chi connectivity index (χ2v) is 5.01. The minimum Gasteiger partial charge on any atom is -0.494 e. The van der Waals surface area contributed by atoms with Gasteiger partial charge in [0.25, 0.3) is 0 Å². The fraction of sp³-hybridized carbons (Fsp3) is 0.125. The first kappa shape index (κ1) is 16.6. The number of anilines is 3. The number of nitrogens with one attached hydrogen (secondary N) is 2. The number of carbonyl (C=O) groups is 2. The van der Waals surface area contributed by atoms with Crippen LogP contribution in [0.3, 0.4) is 0 Å². The van der Waals surface area contributed by atoms with Gasteiger partial charge in [-0.25, -0.2) is 0 Å². The van der Waals surface area contributed by atoms with E-state index in [0.717, 1.165) is 0 Å². The summed E-state index contributed by atoms with van der Waals surface area (Å²) in [5, 5.41) is 5.24. The molecule has 0 aromatic heterocycles. The zero-order valence-corrected chi connectivity index (χ0v) is 13.2. The molecule has 0 unspecified atom stereocenters. The maximum atomic E-state index is 11.9. The summed E-state index contributed by atoms with van der Waals surface area (Å²) >= 11 is 5.86. The number of hydrogen-bond acceptors (Lipinski definition) is 4. The number of ether oxygens (including phenoxy) is 1. The number of carbonyl (C=O) groups excluding carboxylic acids is 2. The SMILES string of the molecule is CCOc1ccc(NC(=O)C(=O)Nc2ccc(N)c(Cl)c2)cc1. The standard InChI is InChI=1S/C16H16ClN3O3/c1-2-23-12-6-3-10(4-7-12)19-15(21)16(22)20-11-5-8-14(18)13(17)9-11/h3-9H,2,18H2,1H3,(H,19,21)(H,20,22). The number of rotatable bonds is 4. The van der Waals surface area contributed by atoms with Crippen LogP contribution in [0.25, 0.3) is 0 Å². The molecule has 120 valence electrons. The van der Waals surface area contributed by atoms with Crippen LogP contribution in [0.1, 0.15) is 6.92 Å². The highest BCUT2D eigenvalue weighted by molar-refractivity contribution is 6.43. The summed E-state index contributed by atoms with van der Waals surface area (Å²) in [4.78, 5) is 23.7. The Balaban J connectivity index is 1.96. The minimum absolute atomic E-state index is 0.301. The van der Waals surface area contributed by atoms with E-state index in [1.807, 2.05) is 6.92 Å². The van der Waals surface area contributed by atoms with Gasteiger partial charge in [-0.2, -0.15) is 0 Å². The van der Waals surface area contributed by atoms with Crippen molar-refractivity contribution in [1.82, 2.24) is 0 Å². The fourth-order valence-electron chi connectivity index (χ4n) is 1.78. The van der Waals surface area contributed by atoms with Crippen molar-refractivity contribution in [3.8, 4) is 5.75 Å². The Morgan fingerprint density at radius 2 is 1.61 bits per heavy atom. The average molecular weight is 334 g/mol. The number of halogens is 1. The van der Waals surface area contributed by atoms with Gasteiger partial charge in [-0.1, -0.05) is 11.6 Å². The predicted octanol–water partition coefficient (Wildman–Crippen LogP) is 2.90. The lowest BCUT2D eigenvalue weighted by molar-refractivity contribution is -0.132. The monoisotopic (exact) mass is 333 g/mol. The Morgan fingerprint density at radius 1 is 1.04 bits per heavy atom. The van der Waals surface area contributed by atoms with Crippen LogP contribution in [-0.4, -0.2) is 18.4 Å². The zero-order valence-electron chi connectivity index (χ0n) is 12.4. The number of amides is 2. The van der Waals surface area contributed by atoms with Crippen molar-refractivity contribution in [2.24, 2.45) is 0 Å². The van der Waals surface area contributed by atoms with Crippen molar-refractivity contribution in [1.29, 1.82) is 0 Å². The van der Waals surface area contributed by atoms with Crippen LogP contribution in [0.5, 0.6) is 5.75 Å². The van der Waals surface area contributed by atoms with E-state index >= 15 is 0 Å². The van der Waals surface area contributed by atoms with Gasteiger partial charge in [0.05, 0.1) is 17.3 Å². The smallest absolute Gasteiger partial charge is 0.314 e. The van der Waals surface area contributed by atoms with Crippen molar-refractivity contribution < 1.29 is 14.3 Å². The van der Waals surface area contributed by atoms with Gasteiger partial charge >= 0.3 is 11.8 Å². The molecular formula is C16H16ClN3O3. The molecule has 2 amide bonds. The highest BCUT2D eigenvalue weighted by Gasteiger charge is 2.14. The number of nitrogen functional groups attached to an aromatic ring is 1. The molecular weight excluding hydrogens is 318 g/mol. The molecule has 0 aliphatic rings. The maximum Gasteiger partial charge on any atom is 0.314 e. The summed E-state index contributed by atoms with van der Waals surface area (Å²) in [5.74, 6) is -0.909. The van der Waals surface area contributed by atoms with Crippen molar-refractivity contribution in [2.75, 3.05) is 23.0 Å². The predicted molar refractivity (Wildman–Crippen MR) is 90.7 cm³/mol. The average Bonchev–Trinajstić information content (AvgIpc) is 2.53. The Kier molecular flexibility index (Phi) is 5.43. The molecule has 0 atom stereocenters. The molecule has 23 heavy (non-hydrogen) atoms. The molecule has 2 rings (SSSR count). The normalized spacial score (nSPS) is 10.0. The van der Waals surface area contributed by atoms with Crippen molar-refractivity contribution in [3.63, 3.8) is 0 Å². The molecule has 0 aliphatic heterocycles. The fourth-order valence-corrected chi connectivity index (χ4v) is 1.96. The first-order valence-electron chi connectivity index (χ1n) is 6.90. The summed E-state index contributed by atoms with van der Waals surface area (Å²) in [5.41, 5.74) is 6.85. The van der Waals surface area contributed by atoms with Gasteiger partial charge in [0.1, 0.15) is 5.75 Å². The number of nitrogens with two attached hydrogens (primary N) is 1. The summed E-state index contributed by atoms with van der Waals surface area (Å²) in [6.07, 6.45) is 0. The molecule has 2 aromatic carbocycles. The van der Waals surface area contributed by atoms with Gasteiger partial charge in [0.15, 0.2) is 0 Å². The Hall–Kier alpha value is -2.73. The lowest BCUT2D eigenvalue weighted by Crippen LogP contribution is -2.29. The van der Waals surface area contributed by atoms with Crippen LogP contribution >= 0.6 is 11.6 Å². The molecule has 0 saturated carbocycles. The molecule has 0 radical (unpaired) electrons. The van der Waals surface area contributed by atoms with Gasteiger partial charge < -0.3 is 21.1 Å². The molecule has 0 aliphatic carbocycles. The maximum absolute atomic E-state index is 11.9. The van der Waals surface area contributed by atoms with E-state index < -0.39 is 11.8 Å². The second-order valence-electron chi connectivity index (χ2n) is 4.60. The molecule has 7 heteroatoms. The summed E-state index contributed by atoms with van der Waals surface area (Å²) in [6, 6.07) is 11.3. The molecule has 0 fully saturated rings. The zero-order chi connectivity index (χ0) is 16.8. The number of hydrogen-bond donors (Lipinski definition) is 3. The highest BCUT2D eigenvalue weighted by Crippen LogP contribution is 2.22. The Bertz CT molecular complexity index is 717. The molecule has 2 aromatic rings. The van der Waals surface area contributed by atoms with Crippen LogP contribution < -0.4 is 21.1 Å². The van der Waals surface area contributed by atoms with E-state index in [1.54, 1.807) is 36.4 Å². The van der Waals surface area contributed by atoms with Gasteiger partial charge in [0.2, 0.25) is 0 Å². The van der Waals surface area contributed by atoms with Gasteiger partial charge in [-0.15, -0.1) is 0 Å². The molecule has 0 heterocycles. The van der Waals surface area contributed by atoms with Gasteiger partial charge in [-0.05, 0) is 49.4 Å². The minimum atomic E-state index is -0.806. The van der Waals surface area contributed by atoms with E-state index in [4.69, 9.17) is 22.1 Å². The van der Waals surface area contributed by atoms with Crippen LogP contribution in [0, 0.1) is 0 Å². The molecule has 0 bridgehead atoms. The van der Waals surface area contributed by atoms with Crippen LogP contribution in [0.2, 0.25) is 5.02 Å². The van der Waals surface area contributed by atoms with Crippen LogP contribution in [-0.2, 0) is 9.59 Å². The third-order valence-corrected chi connectivity index (χ3v) is 3.22. The number of benzene rings is 2. The third-order valence-electron chi connectivity index (χ3n) is 2.89. The van der Waals surface area contributed by atoms with Gasteiger partial charge in [0, 0.05) is 11.4 Å².